The Hall–Kier alpha value is -4.92. The fourth-order valence-electron chi connectivity index (χ4n) is 5.60. The number of nitrogens with zero attached hydrogens (tertiary/aromatic N) is 5. The first-order valence-corrected chi connectivity index (χ1v) is 12.6. The van der Waals surface area contributed by atoms with Crippen molar-refractivity contribution in [2.24, 2.45) is 7.05 Å². The predicted molar refractivity (Wildman–Crippen MR) is 144 cm³/mol. The standard InChI is InChI=1S/C29H25N7O2/c1-35-17-19(16-31-35)24-25(18-9-11-20(12-10-18)29(13-5-14-29)34-28(37)38)36-23-8-4-15-30-26(23)32-22-7-3-2-6-21(22)27(36)33-24/h2-4,6-12,15-17,34H,5,13-14H2,1H3,(H,30,32)(H,37,38). The van der Waals surface area contributed by atoms with Gasteiger partial charge in [-0.25, -0.2) is 14.8 Å². The molecule has 188 valence electrons. The monoisotopic (exact) mass is 503 g/mol. The van der Waals surface area contributed by atoms with Crippen LogP contribution in [0.2, 0.25) is 0 Å². The molecule has 7 rings (SSSR count). The van der Waals surface area contributed by atoms with Crippen LogP contribution in [-0.4, -0.2) is 35.5 Å². The number of anilines is 2. The quantitative estimate of drug-likeness (QED) is 0.284. The molecule has 2 aliphatic rings. The number of carbonyl (C=O) groups is 1. The van der Waals surface area contributed by atoms with Gasteiger partial charge in [0.15, 0.2) is 5.82 Å². The van der Waals surface area contributed by atoms with Gasteiger partial charge >= 0.3 is 6.09 Å². The van der Waals surface area contributed by atoms with Crippen LogP contribution in [0.25, 0.3) is 39.6 Å². The SMILES string of the molecule is Cn1cc(-c2nc3n(c2-c2ccc(C4(NC(=O)O)CCC4)cc2)-c2cccnc2Nc2ccccc2-3)cn1. The molecule has 0 atom stereocenters. The summed E-state index contributed by atoms with van der Waals surface area (Å²) in [4.78, 5) is 21.4. The zero-order valence-corrected chi connectivity index (χ0v) is 20.7. The molecule has 3 aromatic heterocycles. The largest absolute Gasteiger partial charge is 0.465 e. The van der Waals surface area contributed by atoms with Gasteiger partial charge < -0.3 is 15.7 Å². The molecule has 1 aliphatic carbocycles. The van der Waals surface area contributed by atoms with Crippen molar-refractivity contribution in [2.45, 2.75) is 24.8 Å². The number of pyridine rings is 1. The summed E-state index contributed by atoms with van der Waals surface area (Å²) in [5, 5.41) is 20.1. The molecule has 9 nitrogen and oxygen atoms in total. The van der Waals surface area contributed by atoms with E-state index in [2.05, 4.69) is 43.5 Å². The van der Waals surface area contributed by atoms with Crippen molar-refractivity contribution in [1.29, 1.82) is 0 Å². The van der Waals surface area contributed by atoms with Gasteiger partial charge in [-0.05, 0) is 49.1 Å². The minimum absolute atomic E-state index is 0.524. The second-order valence-corrected chi connectivity index (χ2v) is 9.86. The van der Waals surface area contributed by atoms with Crippen LogP contribution in [0, 0.1) is 0 Å². The number of amides is 1. The molecule has 1 aliphatic heterocycles. The van der Waals surface area contributed by atoms with Crippen LogP contribution in [0.1, 0.15) is 24.8 Å². The lowest BCUT2D eigenvalue weighted by molar-refractivity contribution is 0.144. The van der Waals surface area contributed by atoms with Crippen molar-refractivity contribution in [3.05, 3.63) is 84.8 Å². The van der Waals surface area contributed by atoms with E-state index in [-0.39, 0.29) is 0 Å². The summed E-state index contributed by atoms with van der Waals surface area (Å²) in [5.41, 5.74) is 6.85. The second kappa shape index (κ2) is 8.31. The van der Waals surface area contributed by atoms with Gasteiger partial charge in [0.1, 0.15) is 11.5 Å². The van der Waals surface area contributed by atoms with Gasteiger partial charge in [-0.3, -0.25) is 9.25 Å². The lowest BCUT2D eigenvalue weighted by Crippen LogP contribution is -2.50. The number of carboxylic acid groups (broad SMARTS) is 1. The summed E-state index contributed by atoms with van der Waals surface area (Å²) in [5.74, 6) is 1.55. The molecule has 2 aromatic carbocycles. The Kier molecular flexibility index (Phi) is 4.87. The molecule has 1 amide bonds. The van der Waals surface area contributed by atoms with Crippen molar-refractivity contribution >= 4 is 17.6 Å². The van der Waals surface area contributed by atoms with Crippen LogP contribution in [-0.2, 0) is 12.6 Å². The van der Waals surface area contributed by atoms with Crippen molar-refractivity contribution in [2.75, 3.05) is 5.32 Å². The summed E-state index contributed by atoms with van der Waals surface area (Å²) in [6, 6.07) is 20.2. The molecule has 0 spiro atoms. The molecule has 4 heterocycles. The van der Waals surface area contributed by atoms with Crippen LogP contribution in [0.3, 0.4) is 0 Å². The first-order chi connectivity index (χ1) is 18.5. The Morgan fingerprint density at radius 3 is 2.58 bits per heavy atom. The van der Waals surface area contributed by atoms with E-state index in [0.29, 0.717) is 0 Å². The minimum atomic E-state index is -0.996. The first kappa shape index (κ1) is 22.3. The second-order valence-electron chi connectivity index (χ2n) is 9.86. The van der Waals surface area contributed by atoms with Crippen LogP contribution in [0.4, 0.5) is 16.3 Å². The van der Waals surface area contributed by atoms with Gasteiger partial charge in [0.2, 0.25) is 0 Å². The highest BCUT2D eigenvalue weighted by molar-refractivity contribution is 5.90. The first-order valence-electron chi connectivity index (χ1n) is 12.6. The van der Waals surface area contributed by atoms with E-state index in [1.54, 1.807) is 10.9 Å². The molecule has 9 heteroatoms. The molecule has 1 fully saturated rings. The topological polar surface area (TPSA) is 110 Å². The fourth-order valence-corrected chi connectivity index (χ4v) is 5.60. The van der Waals surface area contributed by atoms with E-state index >= 15 is 0 Å². The maximum Gasteiger partial charge on any atom is 0.405 e. The molecular formula is C29H25N7O2. The molecule has 0 radical (unpaired) electrons. The van der Waals surface area contributed by atoms with Gasteiger partial charge in [-0.2, -0.15) is 5.10 Å². The van der Waals surface area contributed by atoms with E-state index in [4.69, 9.17) is 4.98 Å². The Bertz CT molecular complexity index is 1700. The van der Waals surface area contributed by atoms with Gasteiger partial charge in [0, 0.05) is 36.1 Å². The summed E-state index contributed by atoms with van der Waals surface area (Å²) in [6.07, 6.45) is 7.17. The number of fused-ring (bicyclic) bond motifs is 5. The lowest BCUT2D eigenvalue weighted by atomic mass is 9.71. The third kappa shape index (κ3) is 3.39. The van der Waals surface area contributed by atoms with Crippen LogP contribution in [0.15, 0.2) is 79.3 Å². The molecule has 3 N–H and O–H groups in total. The van der Waals surface area contributed by atoms with Crippen LogP contribution in [0.5, 0.6) is 0 Å². The van der Waals surface area contributed by atoms with E-state index in [0.717, 1.165) is 75.9 Å². The number of para-hydroxylation sites is 1. The van der Waals surface area contributed by atoms with Gasteiger partial charge in [0.25, 0.3) is 0 Å². The summed E-state index contributed by atoms with van der Waals surface area (Å²) in [6.45, 7) is 0. The minimum Gasteiger partial charge on any atom is -0.465 e. The Labute approximate surface area is 218 Å². The predicted octanol–water partition coefficient (Wildman–Crippen LogP) is 5.71. The molecule has 38 heavy (non-hydrogen) atoms. The summed E-state index contributed by atoms with van der Waals surface area (Å²) < 4.78 is 3.93. The fraction of sp³-hybridized carbons (Fsp3) is 0.172. The molecule has 0 unspecified atom stereocenters. The molecule has 0 saturated heterocycles. The maximum absolute atomic E-state index is 11.5. The number of imidazole rings is 1. The van der Waals surface area contributed by atoms with E-state index in [1.165, 1.54) is 0 Å². The highest BCUT2D eigenvalue weighted by atomic mass is 16.4. The normalized spacial score (nSPS) is 14.8. The zero-order valence-electron chi connectivity index (χ0n) is 20.7. The van der Waals surface area contributed by atoms with Crippen molar-refractivity contribution in [1.82, 2.24) is 29.6 Å². The van der Waals surface area contributed by atoms with Crippen molar-refractivity contribution < 1.29 is 9.90 Å². The summed E-state index contributed by atoms with van der Waals surface area (Å²) >= 11 is 0. The van der Waals surface area contributed by atoms with E-state index in [9.17, 15) is 9.90 Å². The Morgan fingerprint density at radius 2 is 1.87 bits per heavy atom. The van der Waals surface area contributed by atoms with E-state index < -0.39 is 11.6 Å². The highest BCUT2D eigenvalue weighted by Crippen LogP contribution is 2.45. The van der Waals surface area contributed by atoms with Crippen LogP contribution >= 0.6 is 0 Å². The maximum atomic E-state index is 11.5. The van der Waals surface area contributed by atoms with Gasteiger partial charge in [0.05, 0.1) is 28.8 Å². The average molecular weight is 504 g/mol. The highest BCUT2D eigenvalue weighted by Gasteiger charge is 2.40. The van der Waals surface area contributed by atoms with E-state index in [1.807, 2.05) is 61.9 Å². The number of rotatable bonds is 4. The third-order valence-corrected chi connectivity index (χ3v) is 7.57. The van der Waals surface area contributed by atoms with Gasteiger partial charge in [-0.15, -0.1) is 0 Å². The summed E-state index contributed by atoms with van der Waals surface area (Å²) in [7, 11) is 1.89. The molecule has 5 aromatic rings. The van der Waals surface area contributed by atoms with Crippen molar-refractivity contribution in [3.8, 4) is 39.6 Å². The number of aryl methyl sites for hydroxylation is 1. The molecular weight excluding hydrogens is 478 g/mol. The molecule has 1 saturated carbocycles. The number of aromatic nitrogens is 5. The lowest BCUT2D eigenvalue weighted by Gasteiger charge is -2.42. The number of hydrogen-bond acceptors (Lipinski definition) is 5. The number of benzene rings is 2. The van der Waals surface area contributed by atoms with Crippen molar-refractivity contribution in [3.63, 3.8) is 0 Å². The van der Waals surface area contributed by atoms with Gasteiger partial charge in [-0.1, -0.05) is 36.4 Å². The average Bonchev–Trinajstić information content (AvgIpc) is 3.47. The number of nitrogens with one attached hydrogen (secondary N) is 2. The number of hydrogen-bond donors (Lipinski definition) is 3. The Balaban J connectivity index is 1.48. The zero-order chi connectivity index (χ0) is 25.9. The smallest absolute Gasteiger partial charge is 0.405 e. The third-order valence-electron chi connectivity index (χ3n) is 7.57. The van der Waals surface area contributed by atoms with Crippen LogP contribution < -0.4 is 10.6 Å². The Morgan fingerprint density at radius 1 is 1.05 bits per heavy atom. The molecule has 0 bridgehead atoms.